The summed E-state index contributed by atoms with van der Waals surface area (Å²) in [5.74, 6) is -0.434. The van der Waals surface area contributed by atoms with Crippen molar-refractivity contribution in [2.45, 2.75) is 37.6 Å². The second kappa shape index (κ2) is 8.13. The Balaban J connectivity index is 1.76. The number of hydrogen-bond donors (Lipinski definition) is 0. The molecule has 170 valence electrons. The Morgan fingerprint density at radius 1 is 1.09 bits per heavy atom. The van der Waals surface area contributed by atoms with E-state index in [1.54, 1.807) is 6.07 Å². The van der Waals surface area contributed by atoms with Gasteiger partial charge in [0.15, 0.2) is 0 Å². The number of imidazole rings is 1. The van der Waals surface area contributed by atoms with Crippen LogP contribution in [0.3, 0.4) is 0 Å². The van der Waals surface area contributed by atoms with Gasteiger partial charge in [0, 0.05) is 56.7 Å². The molecule has 0 N–H and O–H groups in total. The minimum absolute atomic E-state index is 0.0120. The third kappa shape index (κ3) is 4.50. The molecule has 2 aromatic heterocycles. The van der Waals surface area contributed by atoms with Gasteiger partial charge in [-0.2, -0.15) is 0 Å². The predicted molar refractivity (Wildman–Crippen MR) is 129 cm³/mol. The van der Waals surface area contributed by atoms with Crippen LogP contribution in [-0.2, 0) is 28.4 Å². The number of sulfone groups is 1. The zero-order chi connectivity index (χ0) is 23.3. The Kier molecular flexibility index (Phi) is 5.77. The lowest BCUT2D eigenvalue weighted by Crippen LogP contribution is -2.22. The number of rotatable bonds is 7. The SMILES string of the molecule is Cn1ccc2cc(-c3cc4nc(S(C)(=O)=O)n(COCC[Si](C)(C)C)c4cc3F)ccc21. The fourth-order valence-corrected chi connectivity index (χ4v) is 5.31. The Labute approximate surface area is 188 Å². The molecule has 6 nitrogen and oxygen atoms in total. The fraction of sp³-hybridized carbons (Fsp3) is 0.348. The van der Waals surface area contributed by atoms with Gasteiger partial charge < -0.3 is 9.30 Å². The summed E-state index contributed by atoms with van der Waals surface area (Å²) in [7, 11) is -2.95. The van der Waals surface area contributed by atoms with Gasteiger partial charge in [-0.15, -0.1) is 0 Å². The molecule has 4 rings (SSSR count). The molecule has 2 heterocycles. The van der Waals surface area contributed by atoms with Crippen molar-refractivity contribution in [1.29, 1.82) is 0 Å². The lowest BCUT2D eigenvalue weighted by atomic mass is 10.0. The lowest BCUT2D eigenvalue weighted by Gasteiger charge is -2.16. The van der Waals surface area contributed by atoms with Crippen LogP contribution in [0.5, 0.6) is 0 Å². The van der Waals surface area contributed by atoms with E-state index in [4.69, 9.17) is 4.74 Å². The summed E-state index contributed by atoms with van der Waals surface area (Å²) in [4.78, 5) is 4.34. The molecule has 0 aliphatic carbocycles. The number of hydrogen-bond acceptors (Lipinski definition) is 4. The molecule has 0 atom stereocenters. The van der Waals surface area contributed by atoms with Crippen LogP contribution in [0.1, 0.15) is 0 Å². The highest BCUT2D eigenvalue weighted by Crippen LogP contribution is 2.31. The van der Waals surface area contributed by atoms with E-state index in [1.807, 2.05) is 42.1 Å². The second-order valence-corrected chi connectivity index (χ2v) is 17.0. The molecule has 0 aliphatic heterocycles. The van der Waals surface area contributed by atoms with Gasteiger partial charge in [0.25, 0.3) is 0 Å². The van der Waals surface area contributed by atoms with Crippen LogP contribution in [0.2, 0.25) is 25.7 Å². The van der Waals surface area contributed by atoms with Crippen LogP contribution in [0, 0.1) is 5.82 Å². The lowest BCUT2D eigenvalue weighted by molar-refractivity contribution is 0.0838. The molecule has 0 amide bonds. The van der Waals surface area contributed by atoms with Crippen molar-refractivity contribution in [1.82, 2.24) is 14.1 Å². The Morgan fingerprint density at radius 2 is 1.84 bits per heavy atom. The van der Waals surface area contributed by atoms with Crippen molar-refractivity contribution >= 4 is 39.8 Å². The van der Waals surface area contributed by atoms with E-state index in [2.05, 4.69) is 24.6 Å². The molecule has 0 aliphatic rings. The quantitative estimate of drug-likeness (QED) is 0.278. The molecular formula is C23H28FN3O3SSi. The maximum atomic E-state index is 15.2. The highest BCUT2D eigenvalue weighted by atomic mass is 32.2. The van der Waals surface area contributed by atoms with E-state index in [1.165, 1.54) is 10.6 Å². The zero-order valence-electron chi connectivity index (χ0n) is 19.0. The largest absolute Gasteiger partial charge is 0.361 e. The van der Waals surface area contributed by atoms with Crippen LogP contribution in [0.25, 0.3) is 33.1 Å². The normalized spacial score (nSPS) is 12.8. The number of aromatic nitrogens is 3. The zero-order valence-corrected chi connectivity index (χ0v) is 20.8. The maximum Gasteiger partial charge on any atom is 0.230 e. The van der Waals surface area contributed by atoms with Gasteiger partial charge in [0.2, 0.25) is 15.0 Å². The number of benzene rings is 2. The third-order valence-corrected chi connectivity index (χ3v) is 8.23. The monoisotopic (exact) mass is 473 g/mol. The van der Waals surface area contributed by atoms with Crippen LogP contribution in [0.15, 0.2) is 47.8 Å². The van der Waals surface area contributed by atoms with E-state index in [-0.39, 0.29) is 11.9 Å². The molecule has 32 heavy (non-hydrogen) atoms. The first kappa shape index (κ1) is 22.7. The van der Waals surface area contributed by atoms with Crippen molar-refractivity contribution in [2.24, 2.45) is 7.05 Å². The molecular weight excluding hydrogens is 445 g/mol. The van der Waals surface area contributed by atoms with Gasteiger partial charge in [0.1, 0.15) is 12.5 Å². The number of aryl methyl sites for hydroxylation is 1. The van der Waals surface area contributed by atoms with Gasteiger partial charge in [-0.25, -0.2) is 17.8 Å². The Bertz CT molecular complexity index is 1420. The average molecular weight is 474 g/mol. The smallest absolute Gasteiger partial charge is 0.230 e. The summed E-state index contributed by atoms with van der Waals surface area (Å²) in [6, 6.07) is 11.6. The molecule has 0 bridgehead atoms. The number of nitrogens with zero attached hydrogens (tertiary/aromatic N) is 3. The van der Waals surface area contributed by atoms with Gasteiger partial charge in [-0.05, 0) is 35.9 Å². The third-order valence-electron chi connectivity index (χ3n) is 5.55. The summed E-state index contributed by atoms with van der Waals surface area (Å²) in [6.45, 7) is 7.27. The topological polar surface area (TPSA) is 66.1 Å². The Morgan fingerprint density at radius 3 is 2.53 bits per heavy atom. The van der Waals surface area contributed by atoms with Crippen molar-refractivity contribution in [2.75, 3.05) is 12.9 Å². The minimum Gasteiger partial charge on any atom is -0.361 e. The predicted octanol–water partition coefficient (Wildman–Crippen LogP) is 5.05. The molecule has 0 saturated carbocycles. The highest BCUT2D eigenvalue weighted by molar-refractivity contribution is 7.90. The first-order valence-electron chi connectivity index (χ1n) is 10.5. The van der Waals surface area contributed by atoms with E-state index in [0.29, 0.717) is 28.8 Å². The van der Waals surface area contributed by atoms with Gasteiger partial charge in [-0.3, -0.25) is 4.57 Å². The van der Waals surface area contributed by atoms with Gasteiger partial charge >= 0.3 is 0 Å². The maximum absolute atomic E-state index is 15.2. The van der Waals surface area contributed by atoms with Gasteiger partial charge in [-0.1, -0.05) is 25.7 Å². The summed E-state index contributed by atoms with van der Waals surface area (Å²) < 4.78 is 49.2. The van der Waals surface area contributed by atoms with Gasteiger partial charge in [0.05, 0.1) is 11.0 Å². The number of fused-ring (bicyclic) bond motifs is 2. The summed E-state index contributed by atoms with van der Waals surface area (Å²) in [5.41, 5.74) is 2.97. The molecule has 0 fully saturated rings. The van der Waals surface area contributed by atoms with Crippen LogP contribution in [0.4, 0.5) is 4.39 Å². The van der Waals surface area contributed by atoms with E-state index >= 15 is 4.39 Å². The van der Waals surface area contributed by atoms with Crippen LogP contribution in [-0.4, -0.2) is 43.5 Å². The van der Waals surface area contributed by atoms with E-state index in [0.717, 1.165) is 23.2 Å². The Hall–Kier alpha value is -2.49. The van der Waals surface area contributed by atoms with Crippen molar-refractivity contribution < 1.29 is 17.5 Å². The highest BCUT2D eigenvalue weighted by Gasteiger charge is 2.22. The van der Waals surface area contributed by atoms with Crippen LogP contribution < -0.4 is 0 Å². The minimum atomic E-state index is -3.62. The van der Waals surface area contributed by atoms with Crippen molar-refractivity contribution in [3.05, 3.63) is 48.4 Å². The fourth-order valence-electron chi connectivity index (χ4n) is 3.74. The first-order valence-corrected chi connectivity index (χ1v) is 16.1. The summed E-state index contributed by atoms with van der Waals surface area (Å²) >= 11 is 0. The van der Waals surface area contributed by atoms with Crippen molar-refractivity contribution in [3.63, 3.8) is 0 Å². The average Bonchev–Trinajstić information content (AvgIpc) is 3.24. The number of halogens is 1. The van der Waals surface area contributed by atoms with E-state index < -0.39 is 23.7 Å². The summed E-state index contributed by atoms with van der Waals surface area (Å²) in [6.07, 6.45) is 3.06. The molecule has 0 saturated heterocycles. The first-order chi connectivity index (χ1) is 14.9. The van der Waals surface area contributed by atoms with Crippen molar-refractivity contribution in [3.8, 4) is 11.1 Å². The molecule has 0 spiro atoms. The number of ether oxygens (including phenoxy) is 1. The molecule has 2 aromatic carbocycles. The molecule has 0 unspecified atom stereocenters. The molecule has 4 aromatic rings. The van der Waals surface area contributed by atoms with E-state index in [9.17, 15) is 8.42 Å². The standard InChI is InChI=1S/C23H28FN3O3SSi/c1-26-9-8-17-12-16(6-7-21(17)26)18-13-20-22(14-19(18)24)27(23(25-20)31(2,28)29)15-30-10-11-32(3,4)5/h6-9,12-14H,10-11,15H2,1-5H3. The molecule has 0 radical (unpaired) electrons. The molecule has 9 heteroatoms. The second-order valence-electron chi connectivity index (χ2n) is 9.46. The van der Waals surface area contributed by atoms with Crippen LogP contribution >= 0.6 is 0 Å². The summed E-state index contributed by atoms with van der Waals surface area (Å²) in [5, 5.41) is 0.887.